The van der Waals surface area contributed by atoms with Crippen LogP contribution in [0.1, 0.15) is 36.0 Å². The Morgan fingerprint density at radius 2 is 1.89 bits per heavy atom. The number of nitrogens with zero attached hydrogens (tertiary/aromatic N) is 4. The van der Waals surface area contributed by atoms with Crippen molar-refractivity contribution in [1.82, 2.24) is 20.1 Å². The fourth-order valence-corrected chi connectivity index (χ4v) is 5.83. The van der Waals surface area contributed by atoms with Gasteiger partial charge in [0.15, 0.2) is 11.5 Å². The summed E-state index contributed by atoms with van der Waals surface area (Å²) in [6.45, 7) is 1.92. The van der Waals surface area contributed by atoms with E-state index in [4.69, 9.17) is 28.2 Å². The molecule has 2 aromatic carbocycles. The van der Waals surface area contributed by atoms with Crippen molar-refractivity contribution in [3.05, 3.63) is 64.5 Å². The number of phenolic OH excluding ortho intramolecular Hbond substituents is 1. The number of aromatic amines is 1. The predicted molar refractivity (Wildman–Crippen MR) is 147 cm³/mol. The highest BCUT2D eigenvalue weighted by Gasteiger charge is 2.36. The van der Waals surface area contributed by atoms with Crippen LogP contribution < -0.4 is 4.90 Å². The van der Waals surface area contributed by atoms with Gasteiger partial charge in [0.2, 0.25) is 0 Å². The number of anilines is 2. The Morgan fingerprint density at radius 1 is 1.11 bits per heavy atom. The average molecular weight is 536 g/mol. The monoisotopic (exact) mass is 535 g/mol. The summed E-state index contributed by atoms with van der Waals surface area (Å²) in [6, 6.07) is 9.50. The van der Waals surface area contributed by atoms with Crippen LogP contribution in [0.15, 0.2) is 48.9 Å². The number of rotatable bonds is 6. The number of carbonyl (C=O) groups excluding carboxylic acids is 1. The van der Waals surface area contributed by atoms with Gasteiger partial charge in [-0.2, -0.15) is 5.10 Å². The summed E-state index contributed by atoms with van der Waals surface area (Å²) in [5, 5.41) is 18.5. The Morgan fingerprint density at radius 3 is 2.57 bits per heavy atom. The smallest absolute Gasteiger partial charge is 0.169 e. The highest BCUT2D eigenvalue weighted by atomic mass is 35.5. The standard InChI is InChI=1S/C28H27Cl2N5O2/c1-34-8-2-3-19(15-34)35(20-12-32-33-13-20)26-21-9-17(18-10-23(29)28(37)24(30)11-18)6-7-25(21)31-14-22(26)27(36)16-4-5-16/h6-7,9-14,16,19,37H,2-5,8,15H2,1H3,(H,32,33). The topological polar surface area (TPSA) is 85.4 Å². The number of carbonyl (C=O) groups is 1. The number of hydrogen-bond donors (Lipinski definition) is 2. The van der Waals surface area contributed by atoms with Crippen LogP contribution in [0.3, 0.4) is 0 Å². The molecule has 1 aliphatic heterocycles. The normalized spacial score (nSPS) is 18.3. The number of piperidine rings is 1. The molecule has 3 heterocycles. The maximum absolute atomic E-state index is 13.6. The van der Waals surface area contributed by atoms with Gasteiger partial charge in [0.25, 0.3) is 0 Å². The van der Waals surface area contributed by atoms with Crippen LogP contribution in [0, 0.1) is 5.92 Å². The van der Waals surface area contributed by atoms with E-state index in [0.29, 0.717) is 5.56 Å². The number of aromatic hydroxyl groups is 1. The fourth-order valence-electron chi connectivity index (χ4n) is 5.34. The Balaban J connectivity index is 1.60. The second-order valence-corrected chi connectivity index (χ2v) is 10.9. The van der Waals surface area contributed by atoms with Crippen molar-refractivity contribution in [2.24, 2.45) is 5.92 Å². The number of hydrogen-bond acceptors (Lipinski definition) is 6. The fraction of sp³-hybridized carbons (Fsp3) is 0.321. The zero-order chi connectivity index (χ0) is 25.7. The molecule has 37 heavy (non-hydrogen) atoms. The van der Waals surface area contributed by atoms with Crippen LogP contribution in [0.2, 0.25) is 10.0 Å². The summed E-state index contributed by atoms with van der Waals surface area (Å²) in [5.41, 5.74) is 4.85. The predicted octanol–water partition coefficient (Wildman–Crippen LogP) is 6.46. The van der Waals surface area contributed by atoms with E-state index in [9.17, 15) is 9.90 Å². The Labute approximate surface area is 225 Å². The molecule has 9 heteroatoms. The molecule has 1 saturated heterocycles. The minimum absolute atomic E-state index is 0.0520. The van der Waals surface area contributed by atoms with Gasteiger partial charge in [-0.1, -0.05) is 29.3 Å². The van der Waals surface area contributed by atoms with Crippen molar-refractivity contribution >= 4 is 51.3 Å². The van der Waals surface area contributed by atoms with Crippen LogP contribution in [0.4, 0.5) is 11.4 Å². The number of pyridine rings is 1. The second kappa shape index (κ2) is 9.63. The lowest BCUT2D eigenvalue weighted by Gasteiger charge is -2.39. The van der Waals surface area contributed by atoms with Crippen molar-refractivity contribution < 1.29 is 9.90 Å². The molecular weight excluding hydrogens is 509 g/mol. The molecule has 1 aliphatic carbocycles. The first kappa shape index (κ1) is 24.2. The molecule has 190 valence electrons. The van der Waals surface area contributed by atoms with Gasteiger partial charge in [-0.15, -0.1) is 0 Å². The number of likely N-dealkylation sites (N-methyl/N-ethyl adjacent to an activating group) is 1. The Hall–Kier alpha value is -3.13. The summed E-state index contributed by atoms with van der Waals surface area (Å²) in [5.74, 6) is 0.0550. The van der Waals surface area contributed by atoms with Gasteiger partial charge in [0.05, 0.1) is 38.7 Å². The van der Waals surface area contributed by atoms with Crippen molar-refractivity contribution in [2.75, 3.05) is 25.0 Å². The minimum Gasteiger partial charge on any atom is -0.505 e. The molecule has 0 spiro atoms. The van der Waals surface area contributed by atoms with Gasteiger partial charge < -0.3 is 14.9 Å². The largest absolute Gasteiger partial charge is 0.505 e. The van der Waals surface area contributed by atoms with Crippen molar-refractivity contribution in [2.45, 2.75) is 31.7 Å². The number of fused-ring (bicyclic) bond motifs is 1. The zero-order valence-electron chi connectivity index (χ0n) is 20.4. The number of H-pyrrole nitrogens is 1. The lowest BCUT2D eigenvalue weighted by molar-refractivity contribution is 0.0968. The quantitative estimate of drug-likeness (QED) is 0.275. The third-order valence-corrected chi connectivity index (χ3v) is 7.95. The molecule has 4 aromatic rings. The highest BCUT2D eigenvalue weighted by Crippen LogP contribution is 2.43. The number of nitrogens with one attached hydrogen (secondary N) is 1. The molecular formula is C28H27Cl2N5O2. The summed E-state index contributed by atoms with van der Waals surface area (Å²) >= 11 is 12.5. The van der Waals surface area contributed by atoms with Gasteiger partial charge in [0, 0.05) is 36.3 Å². The lowest BCUT2D eigenvalue weighted by atomic mass is 9.95. The van der Waals surface area contributed by atoms with E-state index in [0.717, 1.165) is 72.2 Å². The molecule has 0 radical (unpaired) electrons. The van der Waals surface area contributed by atoms with Crippen LogP contribution >= 0.6 is 23.2 Å². The van der Waals surface area contributed by atoms with Gasteiger partial charge in [-0.05, 0) is 74.7 Å². The van der Waals surface area contributed by atoms with Crippen LogP contribution in [0.25, 0.3) is 22.0 Å². The third-order valence-electron chi connectivity index (χ3n) is 7.37. The average Bonchev–Trinajstić information content (AvgIpc) is 3.61. The molecule has 6 rings (SSSR count). The number of Topliss-reactive ketones (excluding diaryl/α,β-unsaturated/α-hetero) is 1. The minimum atomic E-state index is -0.139. The molecule has 1 saturated carbocycles. The Bertz CT molecular complexity index is 1460. The van der Waals surface area contributed by atoms with Gasteiger partial charge in [-0.3, -0.25) is 14.9 Å². The molecule has 1 unspecified atom stereocenters. The number of benzene rings is 2. The van der Waals surface area contributed by atoms with Crippen molar-refractivity contribution in [3.63, 3.8) is 0 Å². The summed E-state index contributed by atoms with van der Waals surface area (Å²) < 4.78 is 0. The SMILES string of the molecule is CN1CCCC(N(c2cn[nH]c2)c2c(C(=O)C3CC3)cnc3ccc(-c4cc(Cl)c(O)c(Cl)c4)cc23)C1. The van der Waals surface area contributed by atoms with E-state index in [1.54, 1.807) is 18.3 Å². The molecule has 0 amide bonds. The van der Waals surface area contributed by atoms with E-state index in [2.05, 4.69) is 27.0 Å². The lowest BCUT2D eigenvalue weighted by Crippen LogP contribution is -2.45. The summed E-state index contributed by atoms with van der Waals surface area (Å²) in [4.78, 5) is 22.9. The number of halogens is 2. The molecule has 2 aromatic heterocycles. The molecule has 2 N–H and O–H groups in total. The number of likely N-dealkylation sites (tertiary alicyclic amines) is 1. The third kappa shape index (κ3) is 4.56. The molecule has 2 fully saturated rings. The van der Waals surface area contributed by atoms with Gasteiger partial charge in [-0.25, -0.2) is 0 Å². The first-order valence-corrected chi connectivity index (χ1v) is 13.3. The van der Waals surface area contributed by atoms with Crippen LogP contribution in [-0.4, -0.2) is 57.2 Å². The maximum atomic E-state index is 13.6. The summed E-state index contributed by atoms with van der Waals surface area (Å²) in [6.07, 6.45) is 9.34. The highest BCUT2D eigenvalue weighted by molar-refractivity contribution is 6.37. The van der Waals surface area contributed by atoms with Crippen LogP contribution in [0.5, 0.6) is 5.75 Å². The first-order chi connectivity index (χ1) is 17.9. The van der Waals surface area contributed by atoms with Crippen LogP contribution in [-0.2, 0) is 0 Å². The zero-order valence-corrected chi connectivity index (χ0v) is 21.9. The van der Waals surface area contributed by atoms with E-state index in [-0.39, 0.29) is 33.5 Å². The molecule has 1 atom stereocenters. The number of aromatic nitrogens is 3. The van der Waals surface area contributed by atoms with E-state index >= 15 is 0 Å². The maximum Gasteiger partial charge on any atom is 0.169 e. The molecule has 0 bridgehead atoms. The van der Waals surface area contributed by atoms with Gasteiger partial charge in [0.1, 0.15) is 0 Å². The van der Waals surface area contributed by atoms with Gasteiger partial charge >= 0.3 is 0 Å². The van der Waals surface area contributed by atoms with Crippen molar-refractivity contribution in [3.8, 4) is 16.9 Å². The second-order valence-electron chi connectivity index (χ2n) is 10.1. The van der Waals surface area contributed by atoms with E-state index in [1.807, 2.05) is 30.6 Å². The first-order valence-electron chi connectivity index (χ1n) is 12.5. The Kier molecular flexibility index (Phi) is 6.31. The van der Waals surface area contributed by atoms with E-state index in [1.165, 1.54) is 0 Å². The van der Waals surface area contributed by atoms with Crippen molar-refractivity contribution in [1.29, 1.82) is 0 Å². The molecule has 2 aliphatic rings. The summed E-state index contributed by atoms with van der Waals surface area (Å²) in [7, 11) is 2.14. The number of phenols is 1. The van der Waals surface area contributed by atoms with E-state index < -0.39 is 0 Å². The molecule has 7 nitrogen and oxygen atoms in total. The number of ketones is 1.